The number of aliphatic hydroxyl groups excluding tert-OH is 6. The maximum Gasteiger partial charge on any atom is 1.00 e. The zero-order valence-corrected chi connectivity index (χ0v) is 40.9. The predicted molar refractivity (Wildman–Crippen MR) is 228 cm³/mol. The number of hydrogen-bond donors (Lipinski definition) is 6. The number of carbonyl (C=O) groups excluding carboxylic acids is 2. The normalized spacial score (nSPS) is 25.9. The molecule has 2 saturated heterocycles. The zero-order valence-electron chi connectivity index (χ0n) is 37.1. The molecule has 6 rings (SSSR count). The molecule has 2 aromatic carbocycles. The molecule has 0 spiro atoms. The average molecular weight is 1020 g/mol. The molecule has 0 amide bonds. The van der Waals surface area contributed by atoms with Crippen LogP contribution >= 0.6 is 46.4 Å². The Morgan fingerprint density at radius 3 is 1.65 bits per heavy atom. The molecule has 356 valence electrons. The van der Waals surface area contributed by atoms with Gasteiger partial charge in [-0.15, -0.1) is 0 Å². The van der Waals surface area contributed by atoms with E-state index in [0.29, 0.717) is 52.7 Å². The van der Waals surface area contributed by atoms with Crippen LogP contribution in [-0.2, 0) is 41.6 Å². The summed E-state index contributed by atoms with van der Waals surface area (Å²) in [6.45, 7) is 10.6. The van der Waals surface area contributed by atoms with Crippen molar-refractivity contribution in [3.8, 4) is 0 Å². The van der Waals surface area contributed by atoms with Gasteiger partial charge in [0.2, 0.25) is 0 Å². The fourth-order valence-corrected chi connectivity index (χ4v) is 8.22. The topological polar surface area (TPSA) is 254 Å². The van der Waals surface area contributed by atoms with Crippen molar-refractivity contribution in [2.75, 3.05) is 36.1 Å². The van der Waals surface area contributed by atoms with Crippen LogP contribution in [0.15, 0.2) is 42.2 Å². The molecule has 1 aromatic heterocycles. The van der Waals surface area contributed by atoms with Crippen LogP contribution in [0.5, 0.6) is 0 Å². The first-order chi connectivity index (χ1) is 29.9. The Morgan fingerprint density at radius 2 is 1.20 bits per heavy atom. The molecule has 3 aromatic rings. The van der Waals surface area contributed by atoms with Crippen molar-refractivity contribution < 1.29 is 124 Å². The van der Waals surface area contributed by atoms with E-state index in [1.165, 1.54) is 0 Å². The Kier molecular flexibility index (Phi) is 24.6. The minimum atomic E-state index is -1.85. The zero-order chi connectivity index (χ0) is 46.4. The summed E-state index contributed by atoms with van der Waals surface area (Å²) in [6.07, 6.45) is -9.14. The fraction of sp³-hybridized carbons (Fsp3) is 0.537. The summed E-state index contributed by atoms with van der Waals surface area (Å²) < 4.78 is 24.7. The van der Waals surface area contributed by atoms with E-state index in [-0.39, 0.29) is 63.3 Å². The van der Waals surface area contributed by atoms with E-state index in [2.05, 4.69) is 39.7 Å². The van der Waals surface area contributed by atoms with E-state index >= 15 is 0 Å². The summed E-state index contributed by atoms with van der Waals surface area (Å²) in [5.41, 5.74) is 3.70. The number of nitrogens with zero attached hydrogens (tertiary/aromatic N) is 4. The van der Waals surface area contributed by atoms with Crippen molar-refractivity contribution in [1.82, 2.24) is 4.57 Å². The summed E-state index contributed by atoms with van der Waals surface area (Å²) >= 11 is 25.7. The Hall–Kier alpha value is -1.83. The number of imidazole rings is 1. The number of aromatic nitrogens is 2. The summed E-state index contributed by atoms with van der Waals surface area (Å²) in [4.78, 5) is 26.3. The number of aryl methyl sites for hydroxylation is 2. The Balaban J connectivity index is 0.000000711. The molecule has 0 saturated carbocycles. The van der Waals surface area contributed by atoms with E-state index in [9.17, 15) is 50.4 Å². The third-order valence-electron chi connectivity index (χ3n) is 10.6. The van der Waals surface area contributed by atoms with Gasteiger partial charge in [-0.05, 0) is 45.4 Å². The van der Waals surface area contributed by atoms with Gasteiger partial charge in [0.1, 0.15) is 54.7 Å². The number of ether oxygens (including phenoxy) is 4. The molecule has 4 heterocycles. The van der Waals surface area contributed by atoms with Crippen molar-refractivity contribution in [3.63, 3.8) is 0 Å². The van der Waals surface area contributed by atoms with E-state index in [0.717, 1.165) is 40.5 Å². The number of aliphatic hydroxyl groups is 6. The maximum absolute atomic E-state index is 11.4. The summed E-state index contributed by atoms with van der Waals surface area (Å²) in [5, 5.41) is 82.0. The molecule has 0 aliphatic carbocycles. The van der Waals surface area contributed by atoms with Gasteiger partial charge >= 0.3 is 37.7 Å². The Bertz CT molecular complexity index is 2140. The largest absolute Gasteiger partial charge is 1.00 e. The first kappa shape index (κ1) is 60.3. The standard InChI is InChI=1S/C33H38Cl4N4O7.C8H14O7.ClH.2Li/c1-4-11-40-24-16-20(36)21(37)17-25(24)41(12-8-13-47-33-30(44)28(42)29(43)31(48-33)32(45)46)27(40)10-7-9-26-38(5-2)22-14-18(34)19(35)15-23(22)39(26)6-3;1-2-14-8-5(11)3(9)4(10)6(15-8)7(12)13;;;/h7,9-10,14-17,28-31,33,42-44H,4-6,8,11-13H2,1-3H3;3-6,8-11H,2H2,1H3,(H,12,13);1H;;/q;;;2*+1/p-2/t28-,29+,30?,31?,33-;3-,4+,5?,6?,8-;;;/m10.../s1. The van der Waals surface area contributed by atoms with Gasteiger partial charge in [0.05, 0.1) is 63.1 Å². The van der Waals surface area contributed by atoms with E-state index in [1.807, 2.05) is 42.5 Å². The van der Waals surface area contributed by atoms with Crippen molar-refractivity contribution in [3.05, 3.63) is 68.2 Å². The van der Waals surface area contributed by atoms with Crippen molar-refractivity contribution in [1.29, 1.82) is 0 Å². The summed E-state index contributed by atoms with van der Waals surface area (Å²) in [5.74, 6) is -1.54. The van der Waals surface area contributed by atoms with Crippen LogP contribution in [0.2, 0.25) is 20.1 Å². The second-order valence-electron chi connectivity index (χ2n) is 14.7. The Labute approximate surface area is 431 Å². The smallest absolute Gasteiger partial charge is 1.00 e. The number of carboxylic acid groups (broad SMARTS) is 2. The molecule has 3 aliphatic heterocycles. The SMILES string of the molecule is CCC[n+]1c(C=CC=C2N(CC)c3cc(Cl)c(Cl)cc3N2CC)n(CCCO[C@@H]2OC(C(=O)[O-])[C@@H](O)[C@@H](O)C2O)c2cc(Cl)c(Cl)cc21.CCO[C@H]1OC(C(=O)[O-])[C@H](O)[C@H](O)C1O.[Cl-].[Li+].[Li+]. The number of fused-ring (bicyclic) bond motifs is 2. The van der Waals surface area contributed by atoms with E-state index in [4.69, 9.17) is 65.4 Å². The summed E-state index contributed by atoms with van der Waals surface area (Å²) in [7, 11) is 0. The van der Waals surface area contributed by atoms with Gasteiger partial charge in [0.25, 0.3) is 5.82 Å². The van der Waals surface area contributed by atoms with Gasteiger partial charge < -0.3 is 91.6 Å². The van der Waals surface area contributed by atoms with Crippen LogP contribution in [0.1, 0.15) is 46.4 Å². The summed E-state index contributed by atoms with van der Waals surface area (Å²) in [6, 6.07) is 7.43. The average Bonchev–Trinajstić information content (AvgIpc) is 3.68. The quantitative estimate of drug-likeness (QED) is 0.0470. The molecule has 6 N–H and O–H groups in total. The minimum absolute atomic E-state index is 0. The molecule has 0 radical (unpaired) electrons. The molecule has 3 aliphatic rings. The number of anilines is 2. The maximum atomic E-state index is 11.4. The number of rotatable bonds is 15. The van der Waals surface area contributed by atoms with E-state index < -0.39 is 73.4 Å². The Morgan fingerprint density at radius 1 is 0.727 bits per heavy atom. The van der Waals surface area contributed by atoms with Crippen LogP contribution in [0.3, 0.4) is 0 Å². The van der Waals surface area contributed by atoms with Crippen molar-refractivity contribution >= 4 is 86.8 Å². The van der Waals surface area contributed by atoms with Crippen LogP contribution in [-0.4, -0.2) is 135 Å². The molecular weight excluding hydrogens is 964 g/mol. The monoisotopic (exact) mass is 1010 g/mol. The molecule has 66 heavy (non-hydrogen) atoms. The number of carboxylic acids is 2. The third kappa shape index (κ3) is 13.1. The second kappa shape index (κ2) is 27.0. The number of carbonyl (C=O) groups is 2. The molecule has 10 atom stereocenters. The van der Waals surface area contributed by atoms with Crippen LogP contribution in [0, 0.1) is 0 Å². The molecule has 4 unspecified atom stereocenters. The first-order valence-corrected chi connectivity index (χ1v) is 21.8. The van der Waals surface area contributed by atoms with Crippen molar-refractivity contribution in [2.24, 2.45) is 0 Å². The van der Waals surface area contributed by atoms with Gasteiger partial charge in [0.15, 0.2) is 23.6 Å². The molecule has 0 bridgehead atoms. The molecular formula is C41H51Cl5Li2N4O14. The molecule has 25 heteroatoms. The number of allylic oxidation sites excluding steroid dienone is 2. The minimum Gasteiger partial charge on any atom is -1.00 e. The molecule has 18 nitrogen and oxygen atoms in total. The van der Waals surface area contributed by atoms with Crippen LogP contribution < -0.4 is 74.7 Å². The third-order valence-corrected chi connectivity index (χ3v) is 12.1. The van der Waals surface area contributed by atoms with Crippen molar-refractivity contribution in [2.45, 2.75) is 115 Å². The molecule has 2 fully saturated rings. The van der Waals surface area contributed by atoms with Gasteiger partial charge in [-0.25, -0.2) is 9.13 Å². The van der Waals surface area contributed by atoms with Gasteiger partial charge in [0, 0.05) is 44.3 Å². The predicted octanol–water partition coefficient (Wildman–Crippen LogP) is -8.27. The fourth-order valence-electron chi connectivity index (χ4n) is 7.59. The van der Waals surface area contributed by atoms with Gasteiger partial charge in [-0.1, -0.05) is 59.4 Å². The van der Waals surface area contributed by atoms with Gasteiger partial charge in [-0.2, -0.15) is 0 Å². The van der Waals surface area contributed by atoms with Crippen LogP contribution in [0.25, 0.3) is 17.1 Å². The van der Waals surface area contributed by atoms with E-state index in [1.54, 1.807) is 6.92 Å². The number of halogens is 5. The number of benzene rings is 2. The second-order valence-corrected chi connectivity index (χ2v) is 16.3. The van der Waals surface area contributed by atoms with Gasteiger partial charge in [-0.3, -0.25) is 0 Å². The first-order valence-electron chi connectivity index (χ1n) is 20.3. The number of hydrogen-bond acceptors (Lipinski definition) is 16. The van der Waals surface area contributed by atoms with Crippen LogP contribution in [0.4, 0.5) is 11.4 Å². The number of aliphatic carboxylic acids is 2.